The molecule has 3 N–H and O–H groups in total. The zero-order valence-corrected chi connectivity index (χ0v) is 12.8. The molecule has 0 unspecified atom stereocenters. The van der Waals surface area contributed by atoms with E-state index in [9.17, 15) is 4.79 Å². The normalized spacial score (nSPS) is 10.4. The lowest BCUT2D eigenvalue weighted by molar-refractivity contribution is 0.0955. The SMILES string of the molecule is Cc1cc(N)c(C(=O)NCCc2ccc(Br)s2)cn1. The number of anilines is 1. The molecule has 2 rings (SSSR count). The Bertz CT molecular complexity index is 597. The molecule has 0 aliphatic carbocycles. The Hall–Kier alpha value is -1.40. The third-order valence-electron chi connectivity index (χ3n) is 2.60. The van der Waals surface area contributed by atoms with Gasteiger partial charge >= 0.3 is 0 Å². The van der Waals surface area contributed by atoms with Crippen LogP contribution in [0.1, 0.15) is 20.9 Å². The van der Waals surface area contributed by atoms with Gasteiger partial charge in [0.2, 0.25) is 0 Å². The molecule has 0 aliphatic rings. The second-order valence-electron chi connectivity index (χ2n) is 4.12. The molecule has 0 saturated carbocycles. The van der Waals surface area contributed by atoms with Crippen LogP contribution in [0.4, 0.5) is 5.69 Å². The lowest BCUT2D eigenvalue weighted by Gasteiger charge is -2.07. The molecule has 19 heavy (non-hydrogen) atoms. The fourth-order valence-corrected chi connectivity index (χ4v) is 3.13. The van der Waals surface area contributed by atoms with Crippen molar-refractivity contribution >= 4 is 38.9 Å². The van der Waals surface area contributed by atoms with Crippen LogP contribution in [0.25, 0.3) is 0 Å². The minimum atomic E-state index is -0.180. The number of carbonyl (C=O) groups is 1. The van der Waals surface area contributed by atoms with Crippen LogP contribution in [-0.2, 0) is 6.42 Å². The minimum absolute atomic E-state index is 0.180. The highest BCUT2D eigenvalue weighted by atomic mass is 79.9. The summed E-state index contributed by atoms with van der Waals surface area (Å²) in [5.41, 5.74) is 7.50. The standard InChI is InChI=1S/C13H14BrN3OS/c1-8-6-11(15)10(7-17-8)13(18)16-5-4-9-2-3-12(14)19-9/h2-3,6-7H,4-5H2,1H3,(H2,15,17)(H,16,18). The van der Waals surface area contributed by atoms with E-state index in [1.54, 1.807) is 17.4 Å². The van der Waals surface area contributed by atoms with Crippen LogP contribution in [0.5, 0.6) is 0 Å². The van der Waals surface area contributed by atoms with Crippen molar-refractivity contribution in [3.05, 3.63) is 44.3 Å². The average Bonchev–Trinajstić information content (AvgIpc) is 2.75. The second-order valence-corrected chi connectivity index (χ2v) is 6.67. The molecule has 0 fully saturated rings. The molecule has 0 aromatic carbocycles. The van der Waals surface area contributed by atoms with E-state index in [2.05, 4.69) is 26.2 Å². The summed E-state index contributed by atoms with van der Waals surface area (Å²) in [6.45, 7) is 2.42. The van der Waals surface area contributed by atoms with E-state index in [-0.39, 0.29) is 5.91 Å². The highest BCUT2D eigenvalue weighted by Crippen LogP contribution is 2.22. The highest BCUT2D eigenvalue weighted by Gasteiger charge is 2.10. The number of pyridine rings is 1. The van der Waals surface area contributed by atoms with Crippen LogP contribution in [0.15, 0.2) is 28.2 Å². The zero-order chi connectivity index (χ0) is 13.8. The van der Waals surface area contributed by atoms with Crippen LogP contribution in [0.2, 0.25) is 0 Å². The molecule has 2 aromatic rings. The number of nitrogens with two attached hydrogens (primary N) is 1. The quantitative estimate of drug-likeness (QED) is 0.899. The Morgan fingerprint density at radius 3 is 2.95 bits per heavy atom. The van der Waals surface area contributed by atoms with E-state index in [0.717, 1.165) is 15.9 Å². The molecule has 0 bridgehead atoms. The van der Waals surface area contributed by atoms with Crippen molar-refractivity contribution in [3.8, 4) is 0 Å². The molecule has 100 valence electrons. The predicted molar refractivity (Wildman–Crippen MR) is 81.4 cm³/mol. The Kier molecular flexibility index (Phi) is 4.55. The van der Waals surface area contributed by atoms with Gasteiger partial charge in [0, 0.05) is 29.0 Å². The average molecular weight is 340 g/mol. The molecule has 0 spiro atoms. The molecule has 2 heterocycles. The van der Waals surface area contributed by atoms with E-state index in [0.29, 0.717) is 17.8 Å². The molecule has 2 aromatic heterocycles. The maximum absolute atomic E-state index is 11.9. The Balaban J connectivity index is 1.90. The number of hydrogen-bond acceptors (Lipinski definition) is 4. The number of amides is 1. The summed E-state index contributed by atoms with van der Waals surface area (Å²) in [6.07, 6.45) is 2.32. The molecular weight excluding hydrogens is 326 g/mol. The number of aryl methyl sites for hydroxylation is 1. The number of nitrogen functional groups attached to an aromatic ring is 1. The van der Waals surface area contributed by atoms with Crippen LogP contribution >= 0.6 is 27.3 Å². The van der Waals surface area contributed by atoms with Crippen molar-refractivity contribution < 1.29 is 4.79 Å². The first-order valence-corrected chi connectivity index (χ1v) is 7.42. The van der Waals surface area contributed by atoms with Gasteiger partial charge in [-0.1, -0.05) is 0 Å². The molecule has 4 nitrogen and oxygen atoms in total. The van der Waals surface area contributed by atoms with Gasteiger partial charge in [0.15, 0.2) is 0 Å². The van der Waals surface area contributed by atoms with Crippen LogP contribution in [-0.4, -0.2) is 17.4 Å². The first-order valence-electron chi connectivity index (χ1n) is 5.81. The van der Waals surface area contributed by atoms with Crippen LogP contribution < -0.4 is 11.1 Å². The summed E-state index contributed by atoms with van der Waals surface area (Å²) in [7, 11) is 0. The lowest BCUT2D eigenvalue weighted by Crippen LogP contribution is -2.26. The maximum Gasteiger partial charge on any atom is 0.254 e. The van der Waals surface area contributed by atoms with Gasteiger partial charge in [0.05, 0.1) is 9.35 Å². The Morgan fingerprint density at radius 1 is 1.53 bits per heavy atom. The van der Waals surface area contributed by atoms with Crippen molar-refractivity contribution in [2.24, 2.45) is 0 Å². The predicted octanol–water partition coefficient (Wildman–Crippen LogP) is 2.77. The molecular formula is C13H14BrN3OS. The third kappa shape index (κ3) is 3.78. The summed E-state index contributed by atoms with van der Waals surface area (Å²) in [5, 5.41) is 2.85. The Labute approximate surface area is 124 Å². The monoisotopic (exact) mass is 339 g/mol. The second kappa shape index (κ2) is 6.16. The number of nitrogens with one attached hydrogen (secondary N) is 1. The first kappa shape index (κ1) is 14.0. The fourth-order valence-electron chi connectivity index (χ4n) is 1.65. The summed E-state index contributed by atoms with van der Waals surface area (Å²) >= 11 is 5.08. The smallest absolute Gasteiger partial charge is 0.254 e. The third-order valence-corrected chi connectivity index (χ3v) is 4.29. The molecule has 6 heteroatoms. The number of nitrogens with zero attached hydrogens (tertiary/aromatic N) is 1. The van der Waals surface area contributed by atoms with Crippen molar-refractivity contribution in [1.82, 2.24) is 10.3 Å². The molecule has 0 atom stereocenters. The zero-order valence-electron chi connectivity index (χ0n) is 10.4. The molecule has 0 saturated heterocycles. The summed E-state index contributed by atoms with van der Waals surface area (Å²) in [6, 6.07) is 5.75. The van der Waals surface area contributed by atoms with Gasteiger partial charge in [0.1, 0.15) is 0 Å². The summed E-state index contributed by atoms with van der Waals surface area (Å²) in [5.74, 6) is -0.180. The fraction of sp³-hybridized carbons (Fsp3) is 0.231. The van der Waals surface area contributed by atoms with Gasteiger partial charge in [-0.2, -0.15) is 0 Å². The van der Waals surface area contributed by atoms with Crippen molar-refractivity contribution in [3.63, 3.8) is 0 Å². The molecule has 0 aliphatic heterocycles. The molecule has 1 amide bonds. The minimum Gasteiger partial charge on any atom is -0.398 e. The van der Waals surface area contributed by atoms with E-state index >= 15 is 0 Å². The number of aromatic nitrogens is 1. The van der Waals surface area contributed by atoms with E-state index in [4.69, 9.17) is 5.73 Å². The first-order chi connectivity index (χ1) is 9.06. The lowest BCUT2D eigenvalue weighted by atomic mass is 10.2. The largest absolute Gasteiger partial charge is 0.398 e. The number of rotatable bonds is 4. The van der Waals surface area contributed by atoms with Gasteiger partial charge in [-0.05, 0) is 47.5 Å². The van der Waals surface area contributed by atoms with E-state index in [1.165, 1.54) is 11.1 Å². The van der Waals surface area contributed by atoms with Gasteiger partial charge in [-0.3, -0.25) is 9.78 Å². The van der Waals surface area contributed by atoms with Crippen LogP contribution in [0.3, 0.4) is 0 Å². The summed E-state index contributed by atoms with van der Waals surface area (Å²) < 4.78 is 1.10. The Morgan fingerprint density at radius 2 is 2.32 bits per heavy atom. The topological polar surface area (TPSA) is 68.0 Å². The number of carbonyl (C=O) groups excluding carboxylic acids is 1. The van der Waals surface area contributed by atoms with Crippen molar-refractivity contribution in [1.29, 1.82) is 0 Å². The number of halogens is 1. The number of hydrogen-bond donors (Lipinski definition) is 2. The number of thiophene rings is 1. The van der Waals surface area contributed by atoms with Gasteiger partial charge in [0.25, 0.3) is 5.91 Å². The van der Waals surface area contributed by atoms with Crippen molar-refractivity contribution in [2.75, 3.05) is 12.3 Å². The maximum atomic E-state index is 11.9. The van der Waals surface area contributed by atoms with Crippen molar-refractivity contribution in [2.45, 2.75) is 13.3 Å². The van der Waals surface area contributed by atoms with Gasteiger partial charge < -0.3 is 11.1 Å². The van der Waals surface area contributed by atoms with E-state index < -0.39 is 0 Å². The summed E-state index contributed by atoms with van der Waals surface area (Å²) in [4.78, 5) is 17.2. The highest BCUT2D eigenvalue weighted by molar-refractivity contribution is 9.11. The van der Waals surface area contributed by atoms with Gasteiger partial charge in [-0.25, -0.2) is 0 Å². The van der Waals surface area contributed by atoms with Crippen LogP contribution in [0, 0.1) is 6.92 Å². The van der Waals surface area contributed by atoms with E-state index in [1.807, 2.05) is 19.1 Å². The molecule has 0 radical (unpaired) electrons. The van der Waals surface area contributed by atoms with Gasteiger partial charge in [-0.15, -0.1) is 11.3 Å².